The molecule has 1 fully saturated rings. The van der Waals surface area contributed by atoms with Crippen LogP contribution < -0.4 is 22.6 Å². The first-order valence-corrected chi connectivity index (χ1v) is 7.01. The third kappa shape index (κ3) is 5.81. The van der Waals surface area contributed by atoms with Crippen molar-refractivity contribution in [2.75, 3.05) is 25.0 Å². The number of piperidine rings is 1. The number of nitrogens with one attached hydrogen (secondary N) is 2. The summed E-state index contributed by atoms with van der Waals surface area (Å²) in [6.45, 7) is 3.36. The van der Waals surface area contributed by atoms with Crippen LogP contribution in [0.25, 0.3) is 0 Å². The molecule has 1 saturated heterocycles. The van der Waals surface area contributed by atoms with Gasteiger partial charge in [0.15, 0.2) is 0 Å². The second kappa shape index (κ2) is 8.41. The number of anilines is 1. The Morgan fingerprint density at radius 2 is 2.00 bits per heavy atom. The van der Waals surface area contributed by atoms with E-state index in [0.29, 0.717) is 11.4 Å². The fraction of sp³-hybridized carbons (Fsp3) is 0.500. The van der Waals surface area contributed by atoms with Gasteiger partial charge < -0.3 is 22.6 Å². The molecule has 0 radical (unpaired) electrons. The first kappa shape index (κ1) is 16.3. The number of carbonyl (C=O) groups is 1. The average molecular weight is 303 g/mol. The van der Waals surface area contributed by atoms with Crippen molar-refractivity contribution in [1.82, 2.24) is 0 Å². The van der Waals surface area contributed by atoms with Gasteiger partial charge >= 0.3 is 0 Å². The van der Waals surface area contributed by atoms with E-state index in [2.05, 4.69) is 5.32 Å². The van der Waals surface area contributed by atoms with Crippen molar-refractivity contribution >= 4 is 23.2 Å². The van der Waals surface area contributed by atoms with E-state index >= 15 is 0 Å². The zero-order chi connectivity index (χ0) is 12.8. The van der Waals surface area contributed by atoms with Crippen LogP contribution in [0.3, 0.4) is 0 Å². The van der Waals surface area contributed by atoms with Crippen LogP contribution in [0.4, 0.5) is 5.69 Å². The van der Waals surface area contributed by atoms with Crippen molar-refractivity contribution in [1.29, 1.82) is 0 Å². The molecule has 1 aliphatic heterocycles. The first-order valence-electron chi connectivity index (χ1n) is 6.63. The Bertz CT molecular complexity index is 406. The standard InChI is InChI=1S/C14H19ClN2O.ClH/c15-12-5-4-6-13(11-12)16-14(18)7-10-17-8-2-1-3-9-17;/h4-6,11H,1-3,7-10H2,(H,16,18);1H. The number of halogens is 2. The van der Waals surface area contributed by atoms with Gasteiger partial charge in [-0.25, -0.2) is 0 Å². The minimum atomic E-state index is 0. The normalized spacial score (nSPS) is 15.6. The number of quaternary nitrogens is 1. The van der Waals surface area contributed by atoms with Crippen molar-refractivity contribution < 1.29 is 22.1 Å². The van der Waals surface area contributed by atoms with Crippen LogP contribution in [-0.2, 0) is 4.79 Å². The molecule has 0 aromatic heterocycles. The summed E-state index contributed by atoms with van der Waals surface area (Å²) >= 11 is 5.87. The zero-order valence-corrected chi connectivity index (χ0v) is 12.4. The highest BCUT2D eigenvalue weighted by Gasteiger charge is 2.14. The van der Waals surface area contributed by atoms with Crippen molar-refractivity contribution in [3.63, 3.8) is 0 Å². The molecule has 5 heteroatoms. The lowest BCUT2D eigenvalue weighted by Crippen LogP contribution is -3.12. The molecule has 106 valence electrons. The zero-order valence-electron chi connectivity index (χ0n) is 10.9. The van der Waals surface area contributed by atoms with Crippen LogP contribution in [-0.4, -0.2) is 25.5 Å². The number of hydrogen-bond acceptors (Lipinski definition) is 1. The highest BCUT2D eigenvalue weighted by molar-refractivity contribution is 6.30. The summed E-state index contributed by atoms with van der Waals surface area (Å²) in [6.07, 6.45) is 4.52. The average Bonchev–Trinajstić information content (AvgIpc) is 2.38. The molecule has 0 atom stereocenters. The Labute approximate surface area is 125 Å². The SMILES string of the molecule is O=C(CC[NH+]1CCCCC1)Nc1cccc(Cl)c1.[Cl-]. The monoisotopic (exact) mass is 302 g/mol. The molecule has 19 heavy (non-hydrogen) atoms. The molecular formula is C14H20Cl2N2O. The lowest BCUT2D eigenvalue weighted by molar-refractivity contribution is -0.904. The number of amides is 1. The predicted molar refractivity (Wildman–Crippen MR) is 74.1 cm³/mol. The van der Waals surface area contributed by atoms with Crippen molar-refractivity contribution in [2.24, 2.45) is 0 Å². The molecule has 0 aliphatic carbocycles. The van der Waals surface area contributed by atoms with E-state index in [1.807, 2.05) is 12.1 Å². The molecule has 0 spiro atoms. The number of benzene rings is 1. The number of carbonyl (C=O) groups excluding carboxylic acids is 1. The van der Waals surface area contributed by atoms with Gasteiger partial charge in [-0.1, -0.05) is 17.7 Å². The predicted octanol–water partition coefficient (Wildman–Crippen LogP) is -1.26. The summed E-state index contributed by atoms with van der Waals surface area (Å²) in [5.41, 5.74) is 0.779. The minimum Gasteiger partial charge on any atom is -1.00 e. The number of rotatable bonds is 4. The van der Waals surface area contributed by atoms with E-state index in [4.69, 9.17) is 11.6 Å². The van der Waals surface area contributed by atoms with E-state index < -0.39 is 0 Å². The Balaban J connectivity index is 0.00000180. The van der Waals surface area contributed by atoms with Crippen LogP contribution in [0.5, 0.6) is 0 Å². The molecule has 2 N–H and O–H groups in total. The Kier molecular flexibility index (Phi) is 7.21. The van der Waals surface area contributed by atoms with Gasteiger partial charge in [0.25, 0.3) is 0 Å². The van der Waals surface area contributed by atoms with E-state index in [-0.39, 0.29) is 18.3 Å². The molecule has 0 saturated carbocycles. The second-order valence-electron chi connectivity index (χ2n) is 4.87. The van der Waals surface area contributed by atoms with Gasteiger partial charge in [-0.05, 0) is 37.5 Å². The molecule has 0 unspecified atom stereocenters. The van der Waals surface area contributed by atoms with Gasteiger partial charge in [0, 0.05) is 10.7 Å². The maximum absolute atomic E-state index is 11.8. The summed E-state index contributed by atoms with van der Waals surface area (Å²) in [6, 6.07) is 7.27. The van der Waals surface area contributed by atoms with Crippen LogP contribution in [0.15, 0.2) is 24.3 Å². The molecular weight excluding hydrogens is 283 g/mol. The summed E-state index contributed by atoms with van der Waals surface area (Å²) in [7, 11) is 0. The minimum absolute atomic E-state index is 0. The van der Waals surface area contributed by atoms with Crippen LogP contribution in [0.2, 0.25) is 5.02 Å². The van der Waals surface area contributed by atoms with Gasteiger partial charge in [0.05, 0.1) is 26.1 Å². The fourth-order valence-electron chi connectivity index (χ4n) is 2.38. The van der Waals surface area contributed by atoms with E-state index in [1.54, 1.807) is 17.0 Å². The maximum atomic E-state index is 11.8. The van der Waals surface area contributed by atoms with Gasteiger partial charge in [0.1, 0.15) is 0 Å². The molecule has 1 amide bonds. The van der Waals surface area contributed by atoms with Crippen molar-refractivity contribution in [3.05, 3.63) is 29.3 Å². The third-order valence-electron chi connectivity index (χ3n) is 3.37. The Hall–Kier alpha value is -0.770. The molecule has 2 rings (SSSR count). The van der Waals surface area contributed by atoms with Crippen LogP contribution in [0.1, 0.15) is 25.7 Å². The smallest absolute Gasteiger partial charge is 0.230 e. The molecule has 3 nitrogen and oxygen atoms in total. The maximum Gasteiger partial charge on any atom is 0.230 e. The van der Waals surface area contributed by atoms with Gasteiger partial charge in [-0.3, -0.25) is 4.79 Å². The van der Waals surface area contributed by atoms with E-state index in [1.165, 1.54) is 32.4 Å². The quantitative estimate of drug-likeness (QED) is 0.715. The first-order chi connectivity index (χ1) is 8.74. The van der Waals surface area contributed by atoms with Crippen molar-refractivity contribution in [2.45, 2.75) is 25.7 Å². The summed E-state index contributed by atoms with van der Waals surface area (Å²) < 4.78 is 0. The van der Waals surface area contributed by atoms with Gasteiger partial charge in [0.2, 0.25) is 5.91 Å². The lowest BCUT2D eigenvalue weighted by atomic mass is 10.1. The highest BCUT2D eigenvalue weighted by atomic mass is 35.5. The van der Waals surface area contributed by atoms with E-state index in [0.717, 1.165) is 12.2 Å². The third-order valence-corrected chi connectivity index (χ3v) is 3.61. The van der Waals surface area contributed by atoms with Gasteiger partial charge in [-0.15, -0.1) is 0 Å². The molecule has 1 heterocycles. The highest BCUT2D eigenvalue weighted by Crippen LogP contribution is 2.14. The van der Waals surface area contributed by atoms with Crippen LogP contribution >= 0.6 is 11.6 Å². The second-order valence-corrected chi connectivity index (χ2v) is 5.31. The largest absolute Gasteiger partial charge is 1.00 e. The lowest BCUT2D eigenvalue weighted by Gasteiger charge is -2.23. The van der Waals surface area contributed by atoms with Crippen molar-refractivity contribution in [3.8, 4) is 0 Å². The molecule has 1 aliphatic rings. The molecule has 0 bridgehead atoms. The topological polar surface area (TPSA) is 33.5 Å². The van der Waals surface area contributed by atoms with Gasteiger partial charge in [-0.2, -0.15) is 0 Å². The summed E-state index contributed by atoms with van der Waals surface area (Å²) in [4.78, 5) is 13.4. The molecule has 1 aromatic rings. The molecule has 1 aromatic carbocycles. The number of likely N-dealkylation sites (tertiary alicyclic amines) is 1. The number of hydrogen-bond donors (Lipinski definition) is 2. The Morgan fingerprint density at radius 3 is 2.68 bits per heavy atom. The summed E-state index contributed by atoms with van der Waals surface area (Å²) in [5, 5.41) is 3.53. The fourth-order valence-corrected chi connectivity index (χ4v) is 2.57. The Morgan fingerprint density at radius 1 is 1.26 bits per heavy atom. The van der Waals surface area contributed by atoms with Crippen LogP contribution in [0, 0.1) is 0 Å². The summed E-state index contributed by atoms with van der Waals surface area (Å²) in [5.74, 6) is 0.0790. The van der Waals surface area contributed by atoms with E-state index in [9.17, 15) is 4.79 Å².